The highest BCUT2D eigenvalue weighted by Crippen LogP contribution is 2.35. The van der Waals surface area contributed by atoms with Gasteiger partial charge in [-0.1, -0.05) is 46.3 Å². The predicted octanol–water partition coefficient (Wildman–Crippen LogP) is 3.35. The molecular weight excluding hydrogens is 356 g/mol. The number of amidine groups is 1. The molecule has 5 N–H and O–H groups in total. The van der Waals surface area contributed by atoms with Crippen molar-refractivity contribution in [2.24, 2.45) is 38.5 Å². The Kier molecular flexibility index (Phi) is 4.20. The van der Waals surface area contributed by atoms with Crippen molar-refractivity contribution in [3.8, 4) is 0 Å². The number of nitrogens with zero attached hydrogens (tertiary/aromatic N) is 3. The Morgan fingerprint density at radius 2 is 2.13 bits per heavy atom. The quantitative estimate of drug-likeness (QED) is 0.430. The van der Waals surface area contributed by atoms with E-state index in [2.05, 4.69) is 37.2 Å². The van der Waals surface area contributed by atoms with Crippen LogP contribution in [0.5, 0.6) is 0 Å². The number of azo groups is 1. The van der Waals surface area contributed by atoms with Crippen LogP contribution in [0.3, 0.4) is 0 Å². The van der Waals surface area contributed by atoms with Crippen LogP contribution in [0.15, 0.2) is 73.7 Å². The van der Waals surface area contributed by atoms with E-state index in [1.165, 1.54) is 0 Å². The molecular formula is C16H15BrN6. The maximum Gasteiger partial charge on any atom is 0.147 e. The minimum absolute atomic E-state index is 0.00612. The molecule has 1 aliphatic carbocycles. The number of rotatable bonds is 3. The van der Waals surface area contributed by atoms with Crippen LogP contribution in [0.2, 0.25) is 0 Å². The second-order valence-electron chi connectivity index (χ2n) is 5.23. The molecule has 0 radical (unpaired) electrons. The fourth-order valence-electron chi connectivity index (χ4n) is 2.43. The average molecular weight is 371 g/mol. The summed E-state index contributed by atoms with van der Waals surface area (Å²) in [6.45, 7) is 0. The molecule has 0 spiro atoms. The third-order valence-electron chi connectivity index (χ3n) is 3.63. The Morgan fingerprint density at radius 1 is 1.30 bits per heavy atom. The van der Waals surface area contributed by atoms with Crippen molar-refractivity contribution < 1.29 is 0 Å². The number of hydrogen-bond acceptors (Lipinski definition) is 5. The van der Waals surface area contributed by atoms with Crippen molar-refractivity contribution in [3.05, 3.63) is 64.1 Å². The van der Waals surface area contributed by atoms with Gasteiger partial charge in [0.05, 0.1) is 5.69 Å². The minimum atomic E-state index is -0.00704. The van der Waals surface area contributed by atoms with Gasteiger partial charge < -0.3 is 11.5 Å². The largest absolute Gasteiger partial charge is 0.384 e. The lowest BCUT2D eigenvalue weighted by molar-refractivity contribution is 0.631. The number of halogens is 1. The predicted molar refractivity (Wildman–Crippen MR) is 94.8 cm³/mol. The van der Waals surface area contributed by atoms with Crippen molar-refractivity contribution in [2.45, 2.75) is 0 Å². The molecule has 1 aromatic rings. The lowest BCUT2D eigenvalue weighted by Gasteiger charge is -2.25. The molecule has 2 unspecified atom stereocenters. The summed E-state index contributed by atoms with van der Waals surface area (Å²) in [5.41, 5.74) is 13.3. The van der Waals surface area contributed by atoms with Crippen LogP contribution in [0.25, 0.3) is 0 Å². The number of hydrogen-bond donors (Lipinski definition) is 3. The van der Waals surface area contributed by atoms with Gasteiger partial charge in [0.15, 0.2) is 0 Å². The van der Waals surface area contributed by atoms with Gasteiger partial charge in [-0.3, -0.25) is 5.41 Å². The second-order valence-corrected chi connectivity index (χ2v) is 6.14. The highest BCUT2D eigenvalue weighted by atomic mass is 79.9. The van der Waals surface area contributed by atoms with Gasteiger partial charge in [-0.2, -0.15) is 10.2 Å². The number of allylic oxidation sites excluding steroid dienone is 4. The lowest BCUT2D eigenvalue weighted by atomic mass is 9.85. The van der Waals surface area contributed by atoms with Gasteiger partial charge >= 0.3 is 0 Å². The van der Waals surface area contributed by atoms with E-state index < -0.39 is 0 Å². The number of nitrogens with two attached hydrogens (primary N) is 2. The van der Waals surface area contributed by atoms with Crippen molar-refractivity contribution in [1.29, 1.82) is 5.41 Å². The van der Waals surface area contributed by atoms with Crippen molar-refractivity contribution >= 4 is 33.7 Å². The number of aliphatic imine (C=N–C) groups is 1. The Labute approximate surface area is 142 Å². The first-order chi connectivity index (χ1) is 11.0. The Balaban J connectivity index is 1.91. The summed E-state index contributed by atoms with van der Waals surface area (Å²) in [6, 6.07) is 7.04. The monoisotopic (exact) mass is 370 g/mol. The van der Waals surface area contributed by atoms with Crippen molar-refractivity contribution in [2.75, 3.05) is 0 Å². The number of nitrogen functional groups attached to an aromatic ring is 1. The van der Waals surface area contributed by atoms with E-state index in [1.54, 1.807) is 24.3 Å². The fraction of sp³-hybridized carbons (Fsp3) is 0.125. The Bertz CT molecular complexity index is 803. The smallest absolute Gasteiger partial charge is 0.147 e. The molecule has 0 saturated carbocycles. The van der Waals surface area contributed by atoms with Gasteiger partial charge in [0.2, 0.25) is 0 Å². The van der Waals surface area contributed by atoms with Crippen LogP contribution in [-0.4, -0.2) is 12.1 Å². The molecule has 6 nitrogen and oxygen atoms in total. The zero-order valence-corrected chi connectivity index (χ0v) is 13.7. The molecule has 0 fully saturated rings. The molecule has 0 saturated heterocycles. The normalized spacial score (nSPS) is 23.1. The first kappa shape index (κ1) is 15.4. The lowest BCUT2D eigenvalue weighted by Crippen LogP contribution is -2.23. The van der Waals surface area contributed by atoms with E-state index in [0.717, 1.165) is 4.48 Å². The molecule has 116 valence electrons. The van der Waals surface area contributed by atoms with Crippen LogP contribution >= 0.6 is 15.9 Å². The van der Waals surface area contributed by atoms with Crippen LogP contribution < -0.4 is 11.5 Å². The maximum atomic E-state index is 7.47. The molecule has 0 bridgehead atoms. The third kappa shape index (κ3) is 3.29. The van der Waals surface area contributed by atoms with E-state index in [4.69, 9.17) is 16.9 Å². The average Bonchev–Trinajstić information content (AvgIpc) is 2.54. The first-order valence-electron chi connectivity index (χ1n) is 7.00. The minimum Gasteiger partial charge on any atom is -0.384 e. The standard InChI is InChI=1S/C16H15BrN6/c17-11-5-4-10-8-21-16(20)14(13(10)7-11)23-22-12-3-1-2-9(6-12)15(18)19/h1-8,10,13H,20H2,(H3,18,19)/b23-22+. The molecule has 0 aromatic heterocycles. The molecule has 1 heterocycles. The summed E-state index contributed by atoms with van der Waals surface area (Å²) in [5.74, 6) is 0.490. The molecule has 7 heteroatoms. The molecule has 1 aliphatic heterocycles. The van der Waals surface area contributed by atoms with E-state index >= 15 is 0 Å². The zero-order valence-electron chi connectivity index (χ0n) is 12.1. The van der Waals surface area contributed by atoms with Gasteiger partial charge in [0, 0.05) is 28.1 Å². The van der Waals surface area contributed by atoms with Crippen molar-refractivity contribution in [1.82, 2.24) is 0 Å². The van der Waals surface area contributed by atoms with Gasteiger partial charge in [0.25, 0.3) is 0 Å². The van der Waals surface area contributed by atoms with E-state index in [9.17, 15) is 0 Å². The highest BCUT2D eigenvalue weighted by molar-refractivity contribution is 9.11. The number of benzene rings is 1. The summed E-state index contributed by atoms with van der Waals surface area (Å²) >= 11 is 3.48. The summed E-state index contributed by atoms with van der Waals surface area (Å²) in [7, 11) is 0. The van der Waals surface area contributed by atoms with Gasteiger partial charge in [-0.25, -0.2) is 4.99 Å². The topological polar surface area (TPSA) is 113 Å². The fourth-order valence-corrected chi connectivity index (χ4v) is 2.87. The SMILES string of the molecule is N=C(N)c1cccc(/N=N/C2=C(N)N=CC3C=CC(Br)=CC23)c1. The van der Waals surface area contributed by atoms with Gasteiger partial charge in [-0.05, 0) is 12.1 Å². The van der Waals surface area contributed by atoms with Crippen LogP contribution in [0.1, 0.15) is 5.56 Å². The Hall–Kier alpha value is -2.54. The molecule has 2 aliphatic rings. The maximum absolute atomic E-state index is 7.47. The summed E-state index contributed by atoms with van der Waals surface area (Å²) in [4.78, 5) is 4.21. The molecule has 2 atom stereocenters. The number of fused-ring (bicyclic) bond motifs is 1. The second kappa shape index (κ2) is 6.29. The molecule has 23 heavy (non-hydrogen) atoms. The summed E-state index contributed by atoms with van der Waals surface area (Å²) < 4.78 is 0.980. The van der Waals surface area contributed by atoms with Crippen LogP contribution in [0.4, 0.5) is 5.69 Å². The molecule has 0 amide bonds. The first-order valence-corrected chi connectivity index (χ1v) is 7.79. The summed E-state index contributed by atoms with van der Waals surface area (Å²) in [5, 5.41) is 16.0. The van der Waals surface area contributed by atoms with Crippen molar-refractivity contribution in [3.63, 3.8) is 0 Å². The van der Waals surface area contributed by atoms with E-state index in [1.807, 2.05) is 18.4 Å². The van der Waals surface area contributed by atoms with E-state index in [0.29, 0.717) is 22.8 Å². The third-order valence-corrected chi connectivity index (χ3v) is 4.15. The molecule has 3 rings (SSSR count). The zero-order chi connectivity index (χ0) is 16.4. The van der Waals surface area contributed by atoms with E-state index in [-0.39, 0.29) is 17.7 Å². The van der Waals surface area contributed by atoms with Crippen LogP contribution in [-0.2, 0) is 0 Å². The molecule has 1 aromatic carbocycles. The highest BCUT2D eigenvalue weighted by Gasteiger charge is 2.28. The number of nitrogens with one attached hydrogen (secondary N) is 1. The van der Waals surface area contributed by atoms with Gasteiger partial charge in [0.1, 0.15) is 17.4 Å². The summed E-state index contributed by atoms with van der Waals surface area (Å²) in [6.07, 6.45) is 7.90. The Morgan fingerprint density at radius 3 is 2.91 bits per heavy atom. The van der Waals surface area contributed by atoms with Gasteiger partial charge in [-0.15, -0.1) is 0 Å². The van der Waals surface area contributed by atoms with Crippen LogP contribution in [0, 0.1) is 17.2 Å².